The molecule has 19 heavy (non-hydrogen) atoms. The van der Waals surface area contributed by atoms with Crippen molar-refractivity contribution in [2.45, 2.75) is 58.9 Å². The molecule has 1 heteroatoms. The molecule has 1 aromatic carbocycles. The molecule has 1 saturated carbocycles. The molecule has 1 N–H and O–H groups in total. The van der Waals surface area contributed by atoms with Crippen LogP contribution in [-0.4, -0.2) is 12.6 Å². The Hall–Kier alpha value is -0.820. The summed E-state index contributed by atoms with van der Waals surface area (Å²) in [5.74, 6) is 2.34. The summed E-state index contributed by atoms with van der Waals surface area (Å²) in [6, 6.07) is 10.1. The average Bonchev–Trinajstić information content (AvgIpc) is 2.45. The summed E-state index contributed by atoms with van der Waals surface area (Å²) >= 11 is 0. The van der Waals surface area contributed by atoms with E-state index < -0.39 is 0 Å². The Labute approximate surface area is 118 Å². The fourth-order valence-electron chi connectivity index (χ4n) is 3.76. The van der Waals surface area contributed by atoms with Crippen LogP contribution < -0.4 is 5.32 Å². The van der Waals surface area contributed by atoms with Gasteiger partial charge in [-0.05, 0) is 48.3 Å². The summed E-state index contributed by atoms with van der Waals surface area (Å²) in [7, 11) is 0. The van der Waals surface area contributed by atoms with Gasteiger partial charge < -0.3 is 5.32 Å². The predicted molar refractivity (Wildman–Crippen MR) is 83.6 cm³/mol. The highest BCUT2D eigenvalue weighted by Crippen LogP contribution is 2.49. The van der Waals surface area contributed by atoms with E-state index in [9.17, 15) is 0 Å². The third-order valence-electron chi connectivity index (χ3n) is 4.93. The molecule has 0 saturated heterocycles. The number of rotatable bonds is 6. The van der Waals surface area contributed by atoms with Crippen LogP contribution in [0.3, 0.4) is 0 Å². The zero-order valence-electron chi connectivity index (χ0n) is 12.9. The lowest BCUT2D eigenvalue weighted by Crippen LogP contribution is -2.56. The summed E-state index contributed by atoms with van der Waals surface area (Å²) in [5, 5.41) is 3.74. The van der Waals surface area contributed by atoms with Gasteiger partial charge in [0.2, 0.25) is 0 Å². The Balaban J connectivity index is 2.07. The number of hydrogen-bond acceptors (Lipinski definition) is 1. The van der Waals surface area contributed by atoms with Crippen molar-refractivity contribution in [1.82, 2.24) is 5.32 Å². The van der Waals surface area contributed by atoms with Crippen molar-refractivity contribution in [1.29, 1.82) is 0 Å². The molecule has 4 atom stereocenters. The van der Waals surface area contributed by atoms with E-state index >= 15 is 0 Å². The first-order valence-corrected chi connectivity index (χ1v) is 8.05. The fourth-order valence-corrected chi connectivity index (χ4v) is 3.76. The molecule has 4 unspecified atom stereocenters. The van der Waals surface area contributed by atoms with Crippen LogP contribution in [0.4, 0.5) is 0 Å². The van der Waals surface area contributed by atoms with Crippen LogP contribution in [-0.2, 0) is 6.42 Å². The number of nitrogens with one attached hydrogen (secondary N) is 1. The third kappa shape index (κ3) is 2.86. The highest BCUT2D eigenvalue weighted by molar-refractivity contribution is 5.30. The van der Waals surface area contributed by atoms with Gasteiger partial charge in [-0.2, -0.15) is 0 Å². The second-order valence-electron chi connectivity index (χ2n) is 6.03. The summed E-state index contributed by atoms with van der Waals surface area (Å²) in [6.45, 7) is 10.4. The standard InChI is InChI=1S/C18H29N/c1-5-12-19-18-13(4)17(16(18)7-3)15-10-8-14(6-2)9-11-15/h8-11,13,16-19H,5-7,12H2,1-4H3. The highest BCUT2D eigenvalue weighted by atomic mass is 15.0. The Morgan fingerprint density at radius 2 is 1.74 bits per heavy atom. The van der Waals surface area contributed by atoms with Crippen LogP contribution >= 0.6 is 0 Å². The SMILES string of the molecule is CCCNC1C(C)C(c2ccc(CC)cc2)C1CC. The van der Waals surface area contributed by atoms with E-state index in [0.29, 0.717) is 0 Å². The molecule has 0 aliphatic heterocycles. The van der Waals surface area contributed by atoms with Crippen LogP contribution in [0, 0.1) is 11.8 Å². The Kier molecular flexibility index (Phi) is 5.04. The maximum atomic E-state index is 3.74. The first-order valence-electron chi connectivity index (χ1n) is 8.05. The highest BCUT2D eigenvalue weighted by Gasteiger charge is 2.46. The Bertz CT molecular complexity index is 381. The minimum absolute atomic E-state index is 0.723. The van der Waals surface area contributed by atoms with Crippen molar-refractivity contribution in [3.05, 3.63) is 35.4 Å². The minimum Gasteiger partial charge on any atom is -0.313 e. The molecule has 0 heterocycles. The smallest absolute Gasteiger partial charge is 0.0133 e. The van der Waals surface area contributed by atoms with Crippen LogP contribution in [0.2, 0.25) is 0 Å². The van der Waals surface area contributed by atoms with E-state index in [-0.39, 0.29) is 0 Å². The normalized spacial score (nSPS) is 30.1. The number of benzene rings is 1. The largest absolute Gasteiger partial charge is 0.313 e. The second kappa shape index (κ2) is 6.56. The van der Waals surface area contributed by atoms with Crippen LogP contribution in [0.5, 0.6) is 0 Å². The van der Waals surface area contributed by atoms with Gasteiger partial charge in [0, 0.05) is 6.04 Å². The second-order valence-corrected chi connectivity index (χ2v) is 6.03. The van der Waals surface area contributed by atoms with Gasteiger partial charge in [0.15, 0.2) is 0 Å². The first kappa shape index (κ1) is 14.6. The Morgan fingerprint density at radius 1 is 1.05 bits per heavy atom. The average molecular weight is 259 g/mol. The first-order chi connectivity index (χ1) is 9.22. The molecule has 1 aromatic rings. The van der Waals surface area contributed by atoms with Crippen LogP contribution in [0.1, 0.15) is 57.6 Å². The molecule has 1 aliphatic rings. The molecule has 0 aromatic heterocycles. The van der Waals surface area contributed by atoms with Gasteiger partial charge >= 0.3 is 0 Å². The van der Waals surface area contributed by atoms with Crippen molar-refractivity contribution < 1.29 is 0 Å². The molecule has 0 amide bonds. The van der Waals surface area contributed by atoms with Crippen molar-refractivity contribution in [3.63, 3.8) is 0 Å². The van der Waals surface area contributed by atoms with Crippen molar-refractivity contribution in [2.24, 2.45) is 11.8 Å². The summed E-state index contributed by atoms with van der Waals surface area (Å²) in [4.78, 5) is 0. The lowest BCUT2D eigenvalue weighted by molar-refractivity contribution is 0.0787. The molecular weight excluding hydrogens is 230 g/mol. The van der Waals surface area contributed by atoms with Gasteiger partial charge in [0.1, 0.15) is 0 Å². The zero-order valence-corrected chi connectivity index (χ0v) is 12.9. The maximum Gasteiger partial charge on any atom is 0.0133 e. The minimum atomic E-state index is 0.723. The number of aryl methyl sites for hydroxylation is 1. The molecule has 1 nitrogen and oxygen atoms in total. The van der Waals surface area contributed by atoms with Crippen molar-refractivity contribution in [2.75, 3.05) is 6.54 Å². The topological polar surface area (TPSA) is 12.0 Å². The monoisotopic (exact) mass is 259 g/mol. The van der Waals surface area contributed by atoms with Gasteiger partial charge in [0.25, 0.3) is 0 Å². The van der Waals surface area contributed by atoms with Crippen LogP contribution in [0.25, 0.3) is 0 Å². The van der Waals surface area contributed by atoms with Gasteiger partial charge in [-0.1, -0.05) is 58.4 Å². The zero-order chi connectivity index (χ0) is 13.8. The lowest BCUT2D eigenvalue weighted by Gasteiger charge is -2.51. The molecule has 106 valence electrons. The predicted octanol–water partition coefficient (Wildman–Crippen LogP) is 4.38. The van der Waals surface area contributed by atoms with Gasteiger partial charge in [-0.15, -0.1) is 0 Å². The molecule has 1 fully saturated rings. The van der Waals surface area contributed by atoms with E-state index in [1.54, 1.807) is 5.56 Å². The molecule has 2 rings (SSSR count). The summed E-state index contributed by atoms with van der Waals surface area (Å²) < 4.78 is 0. The van der Waals surface area contributed by atoms with Crippen molar-refractivity contribution >= 4 is 0 Å². The molecule has 0 spiro atoms. The van der Waals surface area contributed by atoms with E-state index in [1.165, 1.54) is 18.4 Å². The molecule has 0 radical (unpaired) electrons. The fraction of sp³-hybridized carbons (Fsp3) is 0.667. The van der Waals surface area contributed by atoms with E-state index in [2.05, 4.69) is 57.3 Å². The van der Waals surface area contributed by atoms with Gasteiger partial charge in [-0.3, -0.25) is 0 Å². The van der Waals surface area contributed by atoms with E-state index in [0.717, 1.165) is 36.8 Å². The third-order valence-corrected chi connectivity index (χ3v) is 4.93. The molecular formula is C18H29N. The molecule has 1 aliphatic carbocycles. The molecule has 0 bridgehead atoms. The summed E-state index contributed by atoms with van der Waals surface area (Å²) in [6.07, 6.45) is 3.65. The van der Waals surface area contributed by atoms with Crippen molar-refractivity contribution in [3.8, 4) is 0 Å². The Morgan fingerprint density at radius 3 is 2.26 bits per heavy atom. The van der Waals surface area contributed by atoms with E-state index in [4.69, 9.17) is 0 Å². The summed E-state index contributed by atoms with van der Waals surface area (Å²) in [5.41, 5.74) is 3.00. The maximum absolute atomic E-state index is 3.74. The lowest BCUT2D eigenvalue weighted by atomic mass is 9.58. The van der Waals surface area contributed by atoms with Crippen LogP contribution in [0.15, 0.2) is 24.3 Å². The van der Waals surface area contributed by atoms with Gasteiger partial charge in [-0.25, -0.2) is 0 Å². The number of hydrogen-bond donors (Lipinski definition) is 1. The quantitative estimate of drug-likeness (QED) is 0.799. The van der Waals surface area contributed by atoms with E-state index in [1.807, 2.05) is 0 Å². The van der Waals surface area contributed by atoms with Gasteiger partial charge in [0.05, 0.1) is 0 Å².